The van der Waals surface area contributed by atoms with Crippen LogP contribution in [0.3, 0.4) is 0 Å². The van der Waals surface area contributed by atoms with Crippen LogP contribution in [0.1, 0.15) is 30.1 Å². The van der Waals surface area contributed by atoms with Crippen molar-refractivity contribution in [3.05, 3.63) is 30.1 Å². The van der Waals surface area contributed by atoms with Gasteiger partial charge in [-0.05, 0) is 18.1 Å². The van der Waals surface area contributed by atoms with Crippen LogP contribution in [0.2, 0.25) is 0 Å². The number of amides is 1. The minimum atomic E-state index is -0.840. The van der Waals surface area contributed by atoms with Crippen molar-refractivity contribution in [1.82, 2.24) is 10.3 Å². The van der Waals surface area contributed by atoms with E-state index in [1.165, 1.54) is 6.20 Å². The van der Waals surface area contributed by atoms with E-state index in [0.717, 1.165) is 6.42 Å². The molecular weight excluding hydrogens is 220 g/mol. The highest BCUT2D eigenvalue weighted by molar-refractivity contribution is 5.93. The summed E-state index contributed by atoms with van der Waals surface area (Å²) >= 11 is 0. The van der Waals surface area contributed by atoms with Gasteiger partial charge in [-0.25, -0.2) is 0 Å². The molecule has 0 aromatic carbocycles. The third-order valence-corrected chi connectivity index (χ3v) is 2.52. The van der Waals surface area contributed by atoms with E-state index >= 15 is 0 Å². The Morgan fingerprint density at radius 3 is 2.82 bits per heavy atom. The molecule has 2 N–H and O–H groups in total. The Bertz CT molecular complexity index is 379. The number of carboxylic acid groups (broad SMARTS) is 1. The van der Waals surface area contributed by atoms with Gasteiger partial charge >= 0.3 is 5.97 Å². The first-order chi connectivity index (χ1) is 8.13. The molecule has 0 bridgehead atoms. The van der Waals surface area contributed by atoms with E-state index in [1.54, 1.807) is 18.3 Å². The van der Waals surface area contributed by atoms with Gasteiger partial charge in [0.05, 0.1) is 5.56 Å². The van der Waals surface area contributed by atoms with Gasteiger partial charge in [0.15, 0.2) is 0 Å². The fourth-order valence-corrected chi connectivity index (χ4v) is 1.44. The number of pyridine rings is 1. The van der Waals surface area contributed by atoms with Gasteiger partial charge in [-0.3, -0.25) is 14.6 Å². The molecule has 0 aliphatic heterocycles. The number of nitrogens with one attached hydrogen (secondary N) is 1. The van der Waals surface area contributed by atoms with Crippen LogP contribution in [-0.2, 0) is 4.79 Å². The first-order valence-electron chi connectivity index (χ1n) is 5.53. The smallest absolute Gasteiger partial charge is 0.303 e. The van der Waals surface area contributed by atoms with Crippen LogP contribution in [0, 0.1) is 5.92 Å². The zero-order valence-electron chi connectivity index (χ0n) is 9.72. The Hall–Kier alpha value is -1.91. The molecule has 0 saturated carbocycles. The number of nitrogens with zero attached hydrogens (tertiary/aromatic N) is 1. The van der Waals surface area contributed by atoms with Gasteiger partial charge in [-0.1, -0.05) is 13.3 Å². The minimum Gasteiger partial charge on any atom is -0.481 e. The summed E-state index contributed by atoms with van der Waals surface area (Å²) in [6.45, 7) is 2.28. The molecule has 0 spiro atoms. The summed E-state index contributed by atoms with van der Waals surface area (Å²) < 4.78 is 0. The SMILES string of the molecule is CCC(CNC(=O)c1cccnc1)CC(=O)O. The van der Waals surface area contributed by atoms with Crippen LogP contribution < -0.4 is 5.32 Å². The number of hydrogen-bond acceptors (Lipinski definition) is 3. The molecule has 0 fully saturated rings. The maximum absolute atomic E-state index is 11.7. The number of carboxylic acids is 1. The monoisotopic (exact) mass is 236 g/mol. The van der Waals surface area contributed by atoms with Gasteiger partial charge in [0, 0.05) is 25.4 Å². The molecule has 5 nitrogen and oxygen atoms in total. The molecule has 0 aliphatic carbocycles. The van der Waals surface area contributed by atoms with E-state index < -0.39 is 5.97 Å². The molecule has 1 rings (SSSR count). The summed E-state index contributed by atoms with van der Waals surface area (Å²) in [4.78, 5) is 26.1. The lowest BCUT2D eigenvalue weighted by Crippen LogP contribution is -2.30. The van der Waals surface area contributed by atoms with Crippen LogP contribution in [0.25, 0.3) is 0 Å². The minimum absolute atomic E-state index is 0.0341. The average Bonchev–Trinajstić information content (AvgIpc) is 2.34. The predicted molar refractivity (Wildman–Crippen MR) is 62.6 cm³/mol. The molecule has 1 aromatic rings. The van der Waals surface area contributed by atoms with Gasteiger partial charge in [-0.15, -0.1) is 0 Å². The highest BCUT2D eigenvalue weighted by Crippen LogP contribution is 2.07. The fraction of sp³-hybridized carbons (Fsp3) is 0.417. The Morgan fingerprint density at radius 1 is 1.53 bits per heavy atom. The first kappa shape index (κ1) is 13.2. The predicted octanol–water partition coefficient (Wildman–Crippen LogP) is 1.31. The molecule has 17 heavy (non-hydrogen) atoms. The molecule has 1 heterocycles. The van der Waals surface area contributed by atoms with Crippen molar-refractivity contribution >= 4 is 11.9 Å². The summed E-state index contributed by atoms with van der Waals surface area (Å²) in [5.74, 6) is -1.09. The zero-order valence-corrected chi connectivity index (χ0v) is 9.72. The summed E-state index contributed by atoms with van der Waals surface area (Å²) in [6, 6.07) is 3.35. The van der Waals surface area contributed by atoms with Crippen molar-refractivity contribution in [3.8, 4) is 0 Å². The van der Waals surface area contributed by atoms with E-state index in [-0.39, 0.29) is 18.2 Å². The van der Waals surface area contributed by atoms with E-state index in [2.05, 4.69) is 10.3 Å². The number of rotatable bonds is 6. The molecular formula is C12H16N2O3. The van der Waals surface area contributed by atoms with Crippen molar-refractivity contribution in [2.24, 2.45) is 5.92 Å². The number of aromatic nitrogens is 1. The number of hydrogen-bond donors (Lipinski definition) is 2. The van der Waals surface area contributed by atoms with Gasteiger partial charge in [-0.2, -0.15) is 0 Å². The summed E-state index contributed by atoms with van der Waals surface area (Å²) in [5.41, 5.74) is 0.484. The van der Waals surface area contributed by atoms with Crippen LogP contribution in [0.15, 0.2) is 24.5 Å². The normalized spacial score (nSPS) is 11.8. The van der Waals surface area contributed by atoms with Crippen molar-refractivity contribution in [2.45, 2.75) is 19.8 Å². The molecule has 1 aromatic heterocycles. The molecule has 1 atom stereocenters. The fourth-order valence-electron chi connectivity index (χ4n) is 1.44. The van der Waals surface area contributed by atoms with Crippen molar-refractivity contribution in [1.29, 1.82) is 0 Å². The second-order valence-electron chi connectivity index (χ2n) is 3.82. The quantitative estimate of drug-likeness (QED) is 0.780. The third kappa shape index (κ3) is 4.63. The van der Waals surface area contributed by atoms with E-state index in [1.807, 2.05) is 6.92 Å². The Balaban J connectivity index is 2.44. The Kier molecular flexibility index (Phi) is 5.13. The molecule has 5 heteroatoms. The largest absolute Gasteiger partial charge is 0.481 e. The number of carbonyl (C=O) groups excluding carboxylic acids is 1. The standard InChI is InChI=1S/C12H16N2O3/c1-2-9(6-11(15)16)7-14-12(17)10-4-3-5-13-8-10/h3-5,8-9H,2,6-7H2,1H3,(H,14,17)(H,15,16). The van der Waals surface area contributed by atoms with Crippen molar-refractivity contribution in [2.75, 3.05) is 6.54 Å². The van der Waals surface area contributed by atoms with Crippen LogP contribution in [0.5, 0.6) is 0 Å². The van der Waals surface area contributed by atoms with Crippen LogP contribution in [0.4, 0.5) is 0 Å². The first-order valence-corrected chi connectivity index (χ1v) is 5.53. The zero-order chi connectivity index (χ0) is 12.7. The van der Waals surface area contributed by atoms with Gasteiger partial charge in [0.1, 0.15) is 0 Å². The lowest BCUT2D eigenvalue weighted by molar-refractivity contribution is -0.138. The van der Waals surface area contributed by atoms with E-state index in [4.69, 9.17) is 5.11 Å². The van der Waals surface area contributed by atoms with E-state index in [9.17, 15) is 9.59 Å². The topological polar surface area (TPSA) is 79.3 Å². The second-order valence-corrected chi connectivity index (χ2v) is 3.82. The second kappa shape index (κ2) is 6.62. The third-order valence-electron chi connectivity index (χ3n) is 2.52. The lowest BCUT2D eigenvalue weighted by atomic mass is 10.0. The molecule has 0 saturated heterocycles. The van der Waals surface area contributed by atoms with Crippen LogP contribution >= 0.6 is 0 Å². The Labute approximate surface area is 99.9 Å². The van der Waals surface area contributed by atoms with E-state index in [0.29, 0.717) is 12.1 Å². The molecule has 0 radical (unpaired) electrons. The van der Waals surface area contributed by atoms with Crippen LogP contribution in [-0.4, -0.2) is 28.5 Å². The summed E-state index contributed by atoms with van der Waals surface area (Å²) in [7, 11) is 0. The van der Waals surface area contributed by atoms with Crippen molar-refractivity contribution in [3.63, 3.8) is 0 Å². The summed E-state index contributed by atoms with van der Waals surface area (Å²) in [5, 5.41) is 11.4. The maximum atomic E-state index is 11.7. The molecule has 0 aliphatic rings. The molecule has 92 valence electrons. The van der Waals surface area contributed by atoms with Gasteiger partial charge in [0.2, 0.25) is 0 Å². The lowest BCUT2D eigenvalue weighted by Gasteiger charge is -2.13. The number of carbonyl (C=O) groups is 2. The van der Waals surface area contributed by atoms with Crippen molar-refractivity contribution < 1.29 is 14.7 Å². The average molecular weight is 236 g/mol. The van der Waals surface area contributed by atoms with Gasteiger partial charge in [0.25, 0.3) is 5.91 Å². The summed E-state index contributed by atoms with van der Waals surface area (Å²) in [6.07, 6.45) is 3.87. The Morgan fingerprint density at radius 2 is 2.29 bits per heavy atom. The highest BCUT2D eigenvalue weighted by atomic mass is 16.4. The number of aliphatic carboxylic acids is 1. The highest BCUT2D eigenvalue weighted by Gasteiger charge is 2.13. The molecule has 1 amide bonds. The molecule has 1 unspecified atom stereocenters. The maximum Gasteiger partial charge on any atom is 0.303 e. The van der Waals surface area contributed by atoms with Gasteiger partial charge < -0.3 is 10.4 Å².